The molecule has 34 heavy (non-hydrogen) atoms. The van der Waals surface area contributed by atoms with E-state index in [1.165, 1.54) is 27.5 Å². The average molecular weight is 518 g/mol. The molecule has 2 fully saturated rings. The maximum Gasteiger partial charge on any atom is 0.569 e. The quantitative estimate of drug-likeness (QED) is 0.402. The van der Waals surface area contributed by atoms with Gasteiger partial charge in [0.1, 0.15) is 30.5 Å². The van der Waals surface area contributed by atoms with E-state index in [4.69, 9.17) is 35.3 Å². The Balaban J connectivity index is 0.000000191. The van der Waals surface area contributed by atoms with Gasteiger partial charge in [-0.05, 0) is 16.7 Å². The van der Waals surface area contributed by atoms with Crippen LogP contribution in [0.1, 0.15) is 0 Å². The predicted molar refractivity (Wildman–Crippen MR) is 118 cm³/mol. The number of rotatable bonds is 6. The van der Waals surface area contributed by atoms with E-state index in [-0.39, 0.29) is 30.9 Å². The van der Waals surface area contributed by atoms with Crippen molar-refractivity contribution in [2.45, 2.75) is 37.4 Å². The smallest absolute Gasteiger partial charge is 0.383 e. The SMILES string of the molecule is C[P+](=O)C1OCC(Cn2ccc(N)nc2=O)O1.Nc1ccn(CC2COC([P+](=O)O)O2)c(=O)n1. The number of nitrogens with zero attached hydrogens (tertiary/aromatic N) is 4. The topological polar surface area (TPSA) is 213 Å². The summed E-state index contributed by atoms with van der Waals surface area (Å²) in [6.07, 6.45) is 2.30. The van der Waals surface area contributed by atoms with E-state index in [0.717, 1.165) is 0 Å². The Labute approximate surface area is 194 Å². The van der Waals surface area contributed by atoms with Crippen LogP contribution in [0.4, 0.5) is 11.6 Å². The highest BCUT2D eigenvalue weighted by Crippen LogP contribution is 2.31. The highest BCUT2D eigenvalue weighted by molar-refractivity contribution is 7.44. The zero-order valence-corrected chi connectivity index (χ0v) is 19.8. The molecule has 6 unspecified atom stereocenters. The fraction of sp³-hybridized carbons (Fsp3) is 0.529. The first kappa shape index (κ1) is 26.0. The minimum Gasteiger partial charge on any atom is -0.383 e. The lowest BCUT2D eigenvalue weighted by Crippen LogP contribution is -2.29. The molecule has 0 amide bonds. The molecule has 0 spiro atoms. The van der Waals surface area contributed by atoms with Gasteiger partial charge in [-0.1, -0.05) is 4.57 Å². The summed E-state index contributed by atoms with van der Waals surface area (Å²) in [6, 6.07) is 1.23. The fourth-order valence-electron chi connectivity index (χ4n) is 2.96. The summed E-state index contributed by atoms with van der Waals surface area (Å²) in [7, 11) is -4.07. The van der Waals surface area contributed by atoms with Crippen molar-refractivity contribution in [3.8, 4) is 0 Å². The summed E-state index contributed by atoms with van der Waals surface area (Å²) in [4.78, 5) is 38.8. The minimum atomic E-state index is -2.53. The molecule has 0 saturated carbocycles. The number of hydrogen-bond donors (Lipinski definition) is 3. The maximum atomic E-state index is 11.5. The first-order valence-corrected chi connectivity index (χ1v) is 12.9. The molecule has 2 aromatic rings. The molecule has 17 heteroatoms. The summed E-state index contributed by atoms with van der Waals surface area (Å²) in [5.74, 6) is 0.329. The standard InChI is InChI=1S/C9H12N3O4P.C8H10N3O5P/c1-17(14)9-15-5-6(16-9)4-12-3-2-7(10)11-8(12)13;9-6-1-2-11(7(12)10-6)3-5-4-15-8(16-5)17(13)14/h2-3,6,9H,4-5H2,1H3,(H-,10,11,13);1-2,5,8H,3-4H2,(H2-,9,10,12,13,14)/p+2. The number of anilines is 2. The molecule has 2 aliphatic heterocycles. The second kappa shape index (κ2) is 11.7. The number of ether oxygens (including phenoxy) is 4. The van der Waals surface area contributed by atoms with Gasteiger partial charge in [0.2, 0.25) is 0 Å². The molecule has 6 atom stereocenters. The number of nitrogen functional groups attached to an aromatic ring is 2. The highest BCUT2D eigenvalue weighted by Gasteiger charge is 2.40. The first-order chi connectivity index (χ1) is 16.1. The van der Waals surface area contributed by atoms with Crippen LogP contribution in [0.3, 0.4) is 0 Å². The molecule has 0 aromatic carbocycles. The minimum absolute atomic E-state index is 0.145. The van der Waals surface area contributed by atoms with Gasteiger partial charge in [-0.25, -0.2) is 9.59 Å². The molecule has 2 aromatic heterocycles. The van der Waals surface area contributed by atoms with Gasteiger partial charge >= 0.3 is 39.3 Å². The van der Waals surface area contributed by atoms with E-state index >= 15 is 0 Å². The lowest BCUT2D eigenvalue weighted by molar-refractivity contribution is -0.00205. The summed E-state index contributed by atoms with van der Waals surface area (Å²) in [5, 5.41) is 0. The van der Waals surface area contributed by atoms with Crippen molar-refractivity contribution < 1.29 is 33.0 Å². The molecular weight excluding hydrogens is 494 g/mol. The zero-order valence-electron chi connectivity index (χ0n) is 18.0. The van der Waals surface area contributed by atoms with E-state index < -0.39 is 45.4 Å². The Hall–Kier alpha value is -2.64. The van der Waals surface area contributed by atoms with Crippen molar-refractivity contribution in [2.24, 2.45) is 0 Å². The highest BCUT2D eigenvalue weighted by atomic mass is 31.1. The third-order valence-electron chi connectivity index (χ3n) is 4.54. The van der Waals surface area contributed by atoms with Gasteiger partial charge in [-0.15, -0.1) is 0 Å². The van der Waals surface area contributed by atoms with E-state index in [9.17, 15) is 18.7 Å². The van der Waals surface area contributed by atoms with Gasteiger partial charge in [0, 0.05) is 12.4 Å². The molecular formula is C17H24N6O9P2+2. The molecule has 184 valence electrons. The van der Waals surface area contributed by atoms with Gasteiger partial charge in [0.15, 0.2) is 0 Å². The Morgan fingerprint density at radius 2 is 1.38 bits per heavy atom. The van der Waals surface area contributed by atoms with Crippen molar-refractivity contribution in [3.05, 3.63) is 45.5 Å². The molecule has 2 saturated heterocycles. The average Bonchev–Trinajstić information content (AvgIpc) is 3.43. The van der Waals surface area contributed by atoms with Crippen LogP contribution in [0.2, 0.25) is 0 Å². The Morgan fingerprint density at radius 1 is 0.941 bits per heavy atom. The van der Waals surface area contributed by atoms with Crippen LogP contribution in [0.15, 0.2) is 34.1 Å². The van der Waals surface area contributed by atoms with Gasteiger partial charge in [-0.3, -0.25) is 9.13 Å². The Bertz CT molecular complexity index is 1070. The van der Waals surface area contributed by atoms with Crippen LogP contribution in [-0.2, 0) is 41.2 Å². The largest absolute Gasteiger partial charge is 0.569 e. The molecule has 0 aliphatic carbocycles. The van der Waals surface area contributed by atoms with Gasteiger partial charge in [0.25, 0.3) is 0 Å². The summed E-state index contributed by atoms with van der Waals surface area (Å²) in [6.45, 7) is 2.52. The number of hydrogen-bond acceptors (Lipinski definition) is 12. The monoisotopic (exact) mass is 518 g/mol. The first-order valence-electron chi connectivity index (χ1n) is 9.87. The van der Waals surface area contributed by atoms with Gasteiger partial charge in [-0.2, -0.15) is 14.9 Å². The predicted octanol–water partition coefficient (Wildman–Crippen LogP) is -0.759. The van der Waals surface area contributed by atoms with Crippen LogP contribution in [0, 0.1) is 0 Å². The van der Waals surface area contributed by atoms with Crippen LogP contribution in [-0.4, -0.2) is 68.1 Å². The zero-order chi connectivity index (χ0) is 24.8. The second-order valence-electron chi connectivity index (χ2n) is 7.22. The van der Waals surface area contributed by atoms with Crippen LogP contribution in [0.25, 0.3) is 0 Å². The number of aromatic nitrogens is 4. The molecule has 4 rings (SSSR count). The molecule has 15 nitrogen and oxygen atoms in total. The summed E-state index contributed by atoms with van der Waals surface area (Å²) < 4.78 is 45.2. The van der Waals surface area contributed by atoms with Crippen LogP contribution < -0.4 is 22.8 Å². The molecule has 5 N–H and O–H groups in total. The molecule has 0 radical (unpaired) electrons. The van der Waals surface area contributed by atoms with Crippen LogP contribution >= 0.6 is 15.8 Å². The van der Waals surface area contributed by atoms with Crippen molar-refractivity contribution in [2.75, 3.05) is 31.3 Å². The van der Waals surface area contributed by atoms with Crippen molar-refractivity contribution in [1.29, 1.82) is 0 Å². The third kappa shape index (κ3) is 7.18. The van der Waals surface area contributed by atoms with E-state index in [1.54, 1.807) is 12.9 Å². The van der Waals surface area contributed by atoms with Crippen LogP contribution in [0.5, 0.6) is 0 Å². The summed E-state index contributed by atoms with van der Waals surface area (Å²) >= 11 is 0. The van der Waals surface area contributed by atoms with E-state index in [2.05, 4.69) is 9.97 Å². The molecule has 0 bridgehead atoms. The van der Waals surface area contributed by atoms with Gasteiger partial charge in [0.05, 0.1) is 26.3 Å². The fourth-order valence-corrected chi connectivity index (χ4v) is 4.09. The lowest BCUT2D eigenvalue weighted by atomic mass is 10.4. The molecule has 4 heterocycles. The van der Waals surface area contributed by atoms with Gasteiger partial charge < -0.3 is 30.4 Å². The van der Waals surface area contributed by atoms with Crippen molar-refractivity contribution in [3.63, 3.8) is 0 Å². The molecule has 2 aliphatic rings. The third-order valence-corrected chi connectivity index (χ3v) is 6.03. The normalized spacial score (nSPS) is 24.9. The Kier molecular flexibility index (Phi) is 8.91. The maximum absolute atomic E-state index is 11.5. The van der Waals surface area contributed by atoms with E-state index in [0.29, 0.717) is 13.2 Å². The summed E-state index contributed by atoms with van der Waals surface area (Å²) in [5.41, 5.74) is 9.80. The second-order valence-corrected chi connectivity index (χ2v) is 9.76. The lowest BCUT2D eigenvalue weighted by Gasteiger charge is -2.08. The Morgan fingerprint density at radius 3 is 1.74 bits per heavy atom. The van der Waals surface area contributed by atoms with E-state index in [1.807, 2.05) is 0 Å². The number of nitrogens with two attached hydrogens (primary N) is 2. The van der Waals surface area contributed by atoms with Crippen molar-refractivity contribution >= 4 is 27.5 Å². The van der Waals surface area contributed by atoms with Crippen molar-refractivity contribution in [1.82, 2.24) is 19.1 Å².